The van der Waals surface area contributed by atoms with Crippen LogP contribution in [0.15, 0.2) is 36.9 Å². The standard InChI is InChI=1S/C31H37FN6O4/c1-4-23-27(28(40)29-26(32)24-11-7-6-9-20(24)18-41-29)34-31(42-19-22-10-8-14-36(22)3)35-30(23)37-15-16-38(25(39)5-2)21(17-37)12-13-33/h5-7,9,11,21-22,26,29H,2,4,8,10,12,14-19H2,1,3H3/t21?,22?,26?,29-/m1/s1. The van der Waals surface area contributed by atoms with E-state index in [1.165, 1.54) is 6.08 Å². The molecule has 11 heteroatoms. The van der Waals surface area contributed by atoms with Crippen LogP contribution in [0.3, 0.4) is 0 Å². The maximum atomic E-state index is 15.7. The van der Waals surface area contributed by atoms with Crippen LogP contribution in [-0.2, 0) is 22.6 Å². The van der Waals surface area contributed by atoms with Gasteiger partial charge in [0.2, 0.25) is 11.7 Å². The van der Waals surface area contributed by atoms with Crippen LogP contribution in [0.4, 0.5) is 10.2 Å². The van der Waals surface area contributed by atoms with Gasteiger partial charge in [-0.1, -0.05) is 37.8 Å². The molecule has 5 rings (SSSR count). The summed E-state index contributed by atoms with van der Waals surface area (Å²) in [5.74, 6) is -0.308. The number of likely N-dealkylation sites (tertiary alicyclic amines) is 1. The van der Waals surface area contributed by atoms with Crippen LogP contribution >= 0.6 is 0 Å². The Morgan fingerprint density at radius 3 is 2.76 bits per heavy atom. The Labute approximate surface area is 245 Å². The van der Waals surface area contributed by atoms with E-state index in [-0.39, 0.29) is 36.7 Å². The molecule has 2 fully saturated rings. The van der Waals surface area contributed by atoms with Crippen molar-refractivity contribution >= 4 is 17.5 Å². The summed E-state index contributed by atoms with van der Waals surface area (Å²) in [4.78, 5) is 41.6. The number of likely N-dealkylation sites (N-methyl/N-ethyl adjacent to an activating group) is 1. The minimum Gasteiger partial charge on any atom is -0.462 e. The van der Waals surface area contributed by atoms with E-state index in [9.17, 15) is 14.9 Å². The predicted octanol–water partition coefficient (Wildman–Crippen LogP) is 3.42. The van der Waals surface area contributed by atoms with Gasteiger partial charge >= 0.3 is 6.01 Å². The van der Waals surface area contributed by atoms with Crippen molar-refractivity contribution in [3.8, 4) is 12.1 Å². The number of ether oxygens (including phenoxy) is 2. The van der Waals surface area contributed by atoms with E-state index in [1.807, 2.05) is 24.9 Å². The molecule has 42 heavy (non-hydrogen) atoms. The SMILES string of the molecule is C=CC(=O)N1CCN(c2nc(OCC3CCCN3C)nc(C(=O)[C@@H]3OCc4ccccc4C3F)c2CC)CC1CC#N. The van der Waals surface area contributed by atoms with Crippen molar-refractivity contribution in [2.75, 3.05) is 44.7 Å². The summed E-state index contributed by atoms with van der Waals surface area (Å²) >= 11 is 0. The number of carbonyl (C=O) groups is 2. The topological polar surface area (TPSA) is 112 Å². The molecule has 0 saturated carbocycles. The molecule has 2 saturated heterocycles. The Hall–Kier alpha value is -3.88. The lowest BCUT2D eigenvalue weighted by atomic mass is 9.92. The molecule has 10 nitrogen and oxygen atoms in total. The molecule has 4 heterocycles. The van der Waals surface area contributed by atoms with Crippen LogP contribution in [0, 0.1) is 11.3 Å². The predicted molar refractivity (Wildman–Crippen MR) is 154 cm³/mol. The van der Waals surface area contributed by atoms with Gasteiger partial charge in [-0.3, -0.25) is 9.59 Å². The molecule has 3 aliphatic heterocycles. The Kier molecular flexibility index (Phi) is 9.14. The van der Waals surface area contributed by atoms with E-state index >= 15 is 4.39 Å². The minimum atomic E-state index is -1.64. The number of nitriles is 1. The summed E-state index contributed by atoms with van der Waals surface area (Å²) in [6, 6.07) is 9.06. The van der Waals surface area contributed by atoms with Crippen molar-refractivity contribution in [1.29, 1.82) is 5.26 Å². The molecule has 0 aliphatic carbocycles. The summed E-state index contributed by atoms with van der Waals surface area (Å²) < 4.78 is 27.6. The third kappa shape index (κ3) is 5.87. The van der Waals surface area contributed by atoms with Gasteiger partial charge in [0, 0.05) is 31.2 Å². The van der Waals surface area contributed by atoms with Crippen LogP contribution in [0.2, 0.25) is 0 Å². The van der Waals surface area contributed by atoms with Crippen LogP contribution in [0.1, 0.15) is 59.5 Å². The van der Waals surface area contributed by atoms with Crippen LogP contribution < -0.4 is 9.64 Å². The summed E-state index contributed by atoms with van der Waals surface area (Å²) in [5.41, 5.74) is 1.79. The van der Waals surface area contributed by atoms with Crippen molar-refractivity contribution in [2.45, 2.75) is 63.6 Å². The molecule has 3 unspecified atom stereocenters. The number of ketones is 1. The number of nitrogens with zero attached hydrogens (tertiary/aromatic N) is 6. The quantitative estimate of drug-likeness (QED) is 0.327. The van der Waals surface area contributed by atoms with Gasteiger partial charge in [-0.25, -0.2) is 4.39 Å². The molecular weight excluding hydrogens is 539 g/mol. The van der Waals surface area contributed by atoms with Crippen molar-refractivity contribution in [3.05, 3.63) is 59.3 Å². The molecule has 0 spiro atoms. The zero-order valence-corrected chi connectivity index (χ0v) is 24.2. The monoisotopic (exact) mass is 576 g/mol. The average Bonchev–Trinajstić information content (AvgIpc) is 3.43. The summed E-state index contributed by atoms with van der Waals surface area (Å²) in [7, 11) is 2.04. The molecule has 0 radical (unpaired) electrons. The van der Waals surface area contributed by atoms with Gasteiger partial charge in [-0.2, -0.15) is 15.2 Å². The number of Topliss-reactive ketones (excluding diaryl/α,β-unsaturated/α-hetero) is 1. The van der Waals surface area contributed by atoms with Crippen LogP contribution in [0.25, 0.3) is 0 Å². The molecule has 1 aromatic heterocycles. The van der Waals surface area contributed by atoms with Crippen molar-refractivity contribution in [1.82, 2.24) is 19.8 Å². The number of piperazine rings is 1. The smallest absolute Gasteiger partial charge is 0.319 e. The van der Waals surface area contributed by atoms with E-state index in [1.54, 1.807) is 23.1 Å². The summed E-state index contributed by atoms with van der Waals surface area (Å²) in [5, 5.41) is 9.47. The van der Waals surface area contributed by atoms with E-state index in [0.717, 1.165) is 19.4 Å². The Bertz CT molecular complexity index is 1380. The number of rotatable bonds is 9. The number of benzene rings is 1. The fraction of sp³-hybridized carbons (Fsp3) is 0.516. The van der Waals surface area contributed by atoms with Gasteiger partial charge < -0.3 is 24.2 Å². The fourth-order valence-corrected chi connectivity index (χ4v) is 6.11. The first kappa shape index (κ1) is 29.6. The van der Waals surface area contributed by atoms with Crippen molar-refractivity contribution in [2.24, 2.45) is 0 Å². The first-order valence-electron chi connectivity index (χ1n) is 14.5. The fourth-order valence-electron chi connectivity index (χ4n) is 6.11. The third-order valence-corrected chi connectivity index (χ3v) is 8.49. The lowest BCUT2D eigenvalue weighted by Crippen LogP contribution is -2.55. The molecule has 0 N–H and O–H groups in total. The van der Waals surface area contributed by atoms with Crippen LogP contribution in [-0.4, -0.2) is 89.5 Å². The molecule has 1 aromatic carbocycles. The second-order valence-electron chi connectivity index (χ2n) is 11.0. The Morgan fingerprint density at radius 2 is 2.05 bits per heavy atom. The number of hydrogen-bond acceptors (Lipinski definition) is 9. The van der Waals surface area contributed by atoms with Crippen molar-refractivity contribution in [3.63, 3.8) is 0 Å². The number of carbonyl (C=O) groups excluding carboxylic acids is 2. The van der Waals surface area contributed by atoms with Crippen molar-refractivity contribution < 1.29 is 23.5 Å². The minimum absolute atomic E-state index is 0.0406. The number of alkyl halides is 1. The first-order chi connectivity index (χ1) is 20.4. The highest BCUT2D eigenvalue weighted by atomic mass is 19.1. The second-order valence-corrected chi connectivity index (χ2v) is 11.0. The summed E-state index contributed by atoms with van der Waals surface area (Å²) in [6.07, 6.45) is 0.839. The summed E-state index contributed by atoms with van der Waals surface area (Å²) in [6.45, 7) is 8.04. The molecule has 2 aromatic rings. The molecule has 222 valence electrons. The largest absolute Gasteiger partial charge is 0.462 e. The molecule has 3 aliphatic rings. The number of hydrogen-bond donors (Lipinski definition) is 0. The zero-order chi connectivity index (χ0) is 29.8. The molecule has 0 bridgehead atoms. The number of aromatic nitrogens is 2. The molecule has 4 atom stereocenters. The maximum absolute atomic E-state index is 15.7. The number of fused-ring (bicyclic) bond motifs is 1. The van der Waals surface area contributed by atoms with E-state index in [0.29, 0.717) is 55.2 Å². The van der Waals surface area contributed by atoms with E-state index < -0.39 is 24.1 Å². The first-order valence-corrected chi connectivity index (χ1v) is 14.5. The highest BCUT2D eigenvalue weighted by molar-refractivity contribution is 6.00. The highest BCUT2D eigenvalue weighted by Crippen LogP contribution is 2.36. The number of anilines is 1. The lowest BCUT2D eigenvalue weighted by molar-refractivity contribution is -0.128. The van der Waals surface area contributed by atoms with Gasteiger partial charge in [0.15, 0.2) is 12.3 Å². The zero-order valence-electron chi connectivity index (χ0n) is 24.2. The van der Waals surface area contributed by atoms with Crippen LogP contribution in [0.5, 0.6) is 6.01 Å². The molecule has 1 amide bonds. The lowest BCUT2D eigenvalue weighted by Gasteiger charge is -2.41. The Morgan fingerprint density at radius 1 is 1.24 bits per heavy atom. The van der Waals surface area contributed by atoms with Gasteiger partial charge in [0.1, 0.15) is 18.1 Å². The number of amides is 1. The maximum Gasteiger partial charge on any atom is 0.319 e. The molecular formula is C31H37FN6O4. The van der Waals surface area contributed by atoms with E-state index in [2.05, 4.69) is 22.5 Å². The van der Waals surface area contributed by atoms with Gasteiger partial charge in [0.25, 0.3) is 0 Å². The number of halogens is 1. The average molecular weight is 577 g/mol. The van der Waals surface area contributed by atoms with Gasteiger partial charge in [-0.05, 0) is 50.1 Å². The van der Waals surface area contributed by atoms with E-state index in [4.69, 9.17) is 14.5 Å². The Balaban J connectivity index is 1.51. The highest BCUT2D eigenvalue weighted by Gasteiger charge is 2.39. The van der Waals surface area contributed by atoms with Gasteiger partial charge in [0.05, 0.1) is 25.1 Å². The third-order valence-electron chi connectivity index (χ3n) is 8.49. The normalized spacial score (nSPS) is 24.1. The second kappa shape index (κ2) is 13.0. The van der Waals surface area contributed by atoms with Gasteiger partial charge in [-0.15, -0.1) is 0 Å².